The fourth-order valence-corrected chi connectivity index (χ4v) is 9.64. The number of anilines is 1. The molecule has 10 heteroatoms. The summed E-state index contributed by atoms with van der Waals surface area (Å²) in [7, 11) is 0. The van der Waals surface area contributed by atoms with Crippen molar-refractivity contribution in [2.75, 3.05) is 31.7 Å². The van der Waals surface area contributed by atoms with Crippen LogP contribution < -0.4 is 14.8 Å². The number of nitrogens with zero attached hydrogens (tertiary/aromatic N) is 1. The lowest BCUT2D eigenvalue weighted by molar-refractivity contribution is -0.139. The second-order valence-electron chi connectivity index (χ2n) is 15.2. The maximum atomic E-state index is 11.4. The van der Waals surface area contributed by atoms with E-state index in [9.17, 15) is 9.59 Å². The number of esters is 2. The van der Waals surface area contributed by atoms with Gasteiger partial charge in [-0.15, -0.1) is 11.3 Å². The Labute approximate surface area is 380 Å². The minimum Gasteiger partial charge on any atom is -0.490 e. The Morgan fingerprint density at radius 3 is 1.95 bits per heavy atom. The number of carbonyl (C=O) groups is 2. The number of ether oxygens (including phenoxy) is 4. The van der Waals surface area contributed by atoms with Gasteiger partial charge in [-0.2, -0.15) is 0 Å². The van der Waals surface area contributed by atoms with Crippen LogP contribution in [0.15, 0.2) is 171 Å². The highest BCUT2D eigenvalue weighted by Gasteiger charge is 2.46. The number of benzene rings is 7. The summed E-state index contributed by atoms with van der Waals surface area (Å²) in [6.07, 6.45) is 2.26. The molecule has 1 unspecified atom stereocenters. The Bertz CT molecular complexity index is 3100. The Hall–Kier alpha value is -7.40. The molecule has 64 heavy (non-hydrogen) atoms. The fraction of sp³-hybridized carbons (Fsp3) is 0.111. The molecule has 7 aromatic carbocycles. The van der Waals surface area contributed by atoms with Crippen molar-refractivity contribution in [3.05, 3.63) is 204 Å². The summed E-state index contributed by atoms with van der Waals surface area (Å²) in [5.74, 6) is 0.364. The lowest BCUT2D eigenvalue weighted by Gasteiger charge is -2.34. The standard InChI is InChI=1S/C54H42N2O6S2/c1-4-50(57)61-28-26-59-41-20-14-35(15-21-41)52(63)55-47-24-18-39(30-34(47)3)54(45-13-9-8-12-43(45)44-31-37-10-6-7-11-38(37)32-46(44)54)40-19-25-48-49(33-40)64-53(56-48)36-16-22-42(23-17-36)60-27-29-62-51(58)5-2/h4-25,30-33H,1-2,26-29H2,3H3,(H,55,63). The molecule has 8 nitrogen and oxygen atoms in total. The number of fused-ring (bicyclic) bond motifs is 5. The second-order valence-corrected chi connectivity index (χ2v) is 16.7. The smallest absolute Gasteiger partial charge is 0.330 e. The van der Waals surface area contributed by atoms with Gasteiger partial charge in [0.15, 0.2) is 0 Å². The summed E-state index contributed by atoms with van der Waals surface area (Å²) in [5, 5.41) is 6.78. The van der Waals surface area contributed by atoms with Crippen molar-refractivity contribution in [1.82, 2.24) is 4.98 Å². The molecule has 1 heterocycles. The van der Waals surface area contributed by atoms with Crippen molar-refractivity contribution in [2.24, 2.45) is 0 Å². The molecule has 1 aromatic heterocycles. The monoisotopic (exact) mass is 878 g/mol. The number of aromatic nitrogens is 1. The van der Waals surface area contributed by atoms with Gasteiger partial charge in [0, 0.05) is 29.0 Å². The van der Waals surface area contributed by atoms with E-state index in [-0.39, 0.29) is 26.4 Å². The second kappa shape index (κ2) is 18.1. The first-order chi connectivity index (χ1) is 31.2. The van der Waals surface area contributed by atoms with Crippen molar-refractivity contribution in [1.29, 1.82) is 0 Å². The summed E-state index contributed by atoms with van der Waals surface area (Å²) in [5.41, 5.74) is 11.2. The van der Waals surface area contributed by atoms with Gasteiger partial charge in [-0.1, -0.05) is 92.1 Å². The van der Waals surface area contributed by atoms with E-state index in [4.69, 9.17) is 36.1 Å². The number of thiocarbonyl (C=S) groups is 1. The summed E-state index contributed by atoms with van der Waals surface area (Å²) >= 11 is 7.58. The summed E-state index contributed by atoms with van der Waals surface area (Å²) in [6.45, 7) is 9.68. The molecular weight excluding hydrogens is 837 g/mol. The maximum absolute atomic E-state index is 11.4. The first kappa shape index (κ1) is 41.9. The van der Waals surface area contributed by atoms with Crippen LogP contribution in [-0.2, 0) is 24.5 Å². The highest BCUT2D eigenvalue weighted by molar-refractivity contribution is 7.81. The van der Waals surface area contributed by atoms with E-state index < -0.39 is 17.4 Å². The largest absolute Gasteiger partial charge is 0.490 e. The van der Waals surface area contributed by atoms with Crippen molar-refractivity contribution in [3.8, 4) is 33.2 Å². The van der Waals surface area contributed by atoms with Crippen LogP contribution in [0, 0.1) is 6.92 Å². The molecule has 1 atom stereocenters. The molecule has 0 spiro atoms. The lowest BCUT2D eigenvalue weighted by atomic mass is 9.67. The Morgan fingerprint density at radius 1 is 0.672 bits per heavy atom. The van der Waals surface area contributed by atoms with Crippen LogP contribution in [0.3, 0.4) is 0 Å². The molecule has 1 aliphatic carbocycles. The van der Waals surface area contributed by atoms with Gasteiger partial charge in [0.25, 0.3) is 0 Å². The van der Waals surface area contributed by atoms with Gasteiger partial charge in [0.2, 0.25) is 0 Å². The quantitative estimate of drug-likeness (QED) is 0.0467. The summed E-state index contributed by atoms with van der Waals surface area (Å²) in [6, 6.07) is 50.7. The average molecular weight is 879 g/mol. The Kier molecular flexibility index (Phi) is 11.9. The molecule has 0 aliphatic heterocycles. The van der Waals surface area contributed by atoms with Crippen LogP contribution in [0.5, 0.6) is 11.5 Å². The van der Waals surface area contributed by atoms with Crippen LogP contribution >= 0.6 is 23.6 Å². The zero-order valence-corrected chi connectivity index (χ0v) is 36.6. The van der Waals surface area contributed by atoms with E-state index in [1.165, 1.54) is 33.0 Å². The van der Waals surface area contributed by atoms with Gasteiger partial charge in [0.05, 0.1) is 15.6 Å². The zero-order chi connectivity index (χ0) is 44.2. The van der Waals surface area contributed by atoms with Crippen molar-refractivity contribution in [3.63, 3.8) is 0 Å². The van der Waals surface area contributed by atoms with Gasteiger partial charge < -0.3 is 24.3 Å². The number of hydrogen-bond donors (Lipinski definition) is 1. The minimum atomic E-state index is -0.656. The van der Waals surface area contributed by atoms with Crippen molar-refractivity contribution >= 4 is 67.2 Å². The number of aryl methyl sites for hydroxylation is 1. The van der Waals surface area contributed by atoms with Crippen LogP contribution in [-0.4, -0.2) is 48.3 Å². The van der Waals surface area contributed by atoms with Gasteiger partial charge in [0.1, 0.15) is 47.9 Å². The van der Waals surface area contributed by atoms with Gasteiger partial charge in [-0.05, 0) is 136 Å². The van der Waals surface area contributed by atoms with Crippen LogP contribution in [0.2, 0.25) is 0 Å². The van der Waals surface area contributed by atoms with Crippen molar-refractivity contribution in [2.45, 2.75) is 12.3 Å². The molecule has 316 valence electrons. The molecule has 8 aromatic rings. The first-order valence-electron chi connectivity index (χ1n) is 20.8. The third-order valence-corrected chi connectivity index (χ3v) is 12.8. The minimum absolute atomic E-state index is 0.130. The van der Waals surface area contributed by atoms with Gasteiger partial charge in [-0.25, -0.2) is 14.6 Å². The lowest BCUT2D eigenvalue weighted by Crippen LogP contribution is -2.29. The highest BCUT2D eigenvalue weighted by atomic mass is 32.1. The van der Waals surface area contributed by atoms with Crippen LogP contribution in [0.4, 0.5) is 5.69 Å². The van der Waals surface area contributed by atoms with E-state index in [0.29, 0.717) is 16.5 Å². The van der Waals surface area contributed by atoms with E-state index in [0.717, 1.165) is 60.9 Å². The predicted molar refractivity (Wildman–Crippen MR) is 260 cm³/mol. The van der Waals surface area contributed by atoms with E-state index in [1.807, 2.05) is 48.5 Å². The normalized spacial score (nSPS) is 13.7. The number of thiazole rings is 1. The SMILES string of the molecule is C=CC(=O)OCCOc1ccc(C(=S)Nc2ccc(C3(c4ccc5nc(-c6ccc(OCCOC(=O)C=C)cc6)sc5c4)c4ccccc4-c4cc5ccccc5cc43)cc2C)cc1. The Morgan fingerprint density at radius 2 is 1.28 bits per heavy atom. The molecule has 9 rings (SSSR count). The van der Waals surface area contributed by atoms with Crippen LogP contribution in [0.25, 0.3) is 42.7 Å². The molecule has 1 N–H and O–H groups in total. The zero-order valence-electron chi connectivity index (χ0n) is 35.0. The van der Waals surface area contributed by atoms with Gasteiger partial charge >= 0.3 is 11.9 Å². The average Bonchev–Trinajstić information content (AvgIpc) is 3.89. The first-order valence-corrected chi connectivity index (χ1v) is 22.0. The van der Waals surface area contributed by atoms with E-state index >= 15 is 0 Å². The van der Waals surface area contributed by atoms with Gasteiger partial charge in [-0.3, -0.25) is 0 Å². The number of carbonyl (C=O) groups excluding carboxylic acids is 2. The number of nitrogens with one attached hydrogen (secondary N) is 1. The Balaban J connectivity index is 1.06. The third kappa shape index (κ3) is 8.17. The van der Waals surface area contributed by atoms with E-state index in [1.54, 1.807) is 11.3 Å². The molecule has 0 bridgehead atoms. The molecule has 0 amide bonds. The molecule has 0 saturated heterocycles. The number of hydrogen-bond acceptors (Lipinski definition) is 9. The highest BCUT2D eigenvalue weighted by Crippen LogP contribution is 2.57. The van der Waals surface area contributed by atoms with Crippen molar-refractivity contribution < 1.29 is 28.5 Å². The fourth-order valence-electron chi connectivity index (χ4n) is 8.38. The predicted octanol–water partition coefficient (Wildman–Crippen LogP) is 11.8. The molecule has 0 fully saturated rings. The molecular formula is C54H42N2O6S2. The van der Waals surface area contributed by atoms with E-state index in [2.05, 4.69) is 122 Å². The maximum Gasteiger partial charge on any atom is 0.330 e. The topological polar surface area (TPSA) is 96.0 Å². The number of rotatable bonds is 15. The molecule has 1 aliphatic rings. The summed E-state index contributed by atoms with van der Waals surface area (Å²) in [4.78, 5) is 28.4. The third-order valence-electron chi connectivity index (χ3n) is 11.4. The van der Waals surface area contributed by atoms with Crippen LogP contribution in [0.1, 0.15) is 33.4 Å². The molecule has 0 saturated carbocycles. The summed E-state index contributed by atoms with van der Waals surface area (Å²) < 4.78 is 22.6. The molecule has 0 radical (unpaired) electrons.